The molecule has 14 N–H and O–H groups in total. The van der Waals surface area contributed by atoms with Crippen molar-refractivity contribution >= 4 is 137 Å². The van der Waals surface area contributed by atoms with Crippen molar-refractivity contribution < 1.29 is 80.5 Å². The second-order valence-corrected chi connectivity index (χ2v) is 28.1. The van der Waals surface area contributed by atoms with Crippen LogP contribution in [0.1, 0.15) is 67.0 Å². The van der Waals surface area contributed by atoms with Gasteiger partial charge in [-0.1, -0.05) is 60.2 Å². The lowest BCUT2D eigenvalue weighted by molar-refractivity contribution is -0.138. The maximum atomic E-state index is 13.6. The average Bonchev–Trinajstić information content (AvgIpc) is 0.815. The number of para-hydroxylation sites is 3. The Hall–Kier alpha value is -9.10. The minimum atomic E-state index is -4.77. The molecule has 0 atom stereocenters. The molecule has 0 spiro atoms. The highest BCUT2D eigenvalue weighted by Crippen LogP contribution is 2.44. The molecule has 10 rings (SSSR count). The molecule has 0 saturated carbocycles. The molecule has 1 aliphatic heterocycles. The molecule has 3 amide bonds. The molecule has 22 nitrogen and oxygen atoms in total. The Labute approximate surface area is 562 Å². The molecule has 0 aliphatic carbocycles. The highest BCUT2D eigenvalue weighted by Gasteiger charge is 2.34. The lowest BCUT2D eigenvalue weighted by Gasteiger charge is -2.37. The predicted octanol–water partition coefficient (Wildman–Crippen LogP) is 14.6. The number of carbonyl (C=O) groups is 3. The van der Waals surface area contributed by atoms with Crippen molar-refractivity contribution in [1.29, 1.82) is 0 Å². The number of hydrogen-bond acceptors (Lipinski definition) is 16. The molecule has 98 heavy (non-hydrogen) atoms. The fourth-order valence-electron chi connectivity index (χ4n) is 9.32. The highest BCUT2D eigenvalue weighted by atomic mass is 35.7. The van der Waals surface area contributed by atoms with Gasteiger partial charge in [0.15, 0.2) is 0 Å². The van der Waals surface area contributed by atoms with E-state index in [1.807, 2.05) is 0 Å². The molecule has 0 bridgehead atoms. The Morgan fingerprint density at radius 2 is 0.878 bits per heavy atom. The zero-order chi connectivity index (χ0) is 72.1. The fourth-order valence-corrected chi connectivity index (χ4v) is 12.2. The summed E-state index contributed by atoms with van der Waals surface area (Å²) in [5, 5.41) is 8.41. The van der Waals surface area contributed by atoms with E-state index in [4.69, 9.17) is 28.0 Å². The van der Waals surface area contributed by atoms with Gasteiger partial charge in [0.2, 0.25) is 25.3 Å². The Morgan fingerprint density at radius 3 is 1.22 bits per heavy atom. The number of pyridine rings is 3. The van der Waals surface area contributed by atoms with Gasteiger partial charge in [-0.25, -0.2) is 8.42 Å². The van der Waals surface area contributed by atoms with Crippen LogP contribution in [-0.4, -0.2) is 101 Å². The van der Waals surface area contributed by atoms with E-state index in [2.05, 4.69) is 51.8 Å². The number of benzene rings is 6. The smallest absolute Gasteiger partial charge is 0.399 e. The summed E-state index contributed by atoms with van der Waals surface area (Å²) in [6, 6.07) is 27.3. The Kier molecular flexibility index (Phi) is 24.9. The zero-order valence-electron chi connectivity index (χ0n) is 50.5. The van der Waals surface area contributed by atoms with Crippen LogP contribution in [0.15, 0.2) is 172 Å². The van der Waals surface area contributed by atoms with E-state index >= 15 is 0 Å². The van der Waals surface area contributed by atoms with Gasteiger partial charge in [-0.15, -0.1) is 22.4 Å². The minimum absolute atomic E-state index is 0.0581. The fraction of sp³-hybridized carbons (Fsp3) is 0.194. The van der Waals surface area contributed by atoms with E-state index in [0.29, 0.717) is 40.6 Å². The summed E-state index contributed by atoms with van der Waals surface area (Å²) >= 11 is 5.02. The second-order valence-electron chi connectivity index (χ2n) is 21.2. The minimum Gasteiger partial charge on any atom is -0.399 e. The van der Waals surface area contributed by atoms with Gasteiger partial charge in [0.05, 0.1) is 39.6 Å². The lowest BCUT2D eigenvalue weighted by atomic mass is 10.1. The van der Waals surface area contributed by atoms with Crippen LogP contribution in [0.4, 0.5) is 73.6 Å². The third-order valence-corrected chi connectivity index (χ3v) is 17.8. The number of likely N-dealkylation sites (tertiary alicyclic amines) is 1. The molecule has 1 saturated heterocycles. The van der Waals surface area contributed by atoms with Gasteiger partial charge in [-0.3, -0.25) is 56.4 Å². The number of nitrogens with one attached hydrogen (secondary N) is 8. The van der Waals surface area contributed by atoms with Crippen LogP contribution in [0.25, 0.3) is 32.7 Å². The molecule has 524 valence electrons. The van der Waals surface area contributed by atoms with E-state index < -0.39 is 99.8 Å². The SMILES string of the molecule is C=CS(O)(O)Nc1cc(NC(=O)c2c[nH]c3ccccc3c2=O)cc(C(F)(F)F)c1.Nc1cc(NC(=O)c2c[nH]c3ccccc3c2=O)cc(C(F)(F)F)c1.O=C(Nc1cc(NS(O)(O)CCN2CCCCC2)cc(C(F)(F)F)c1)c1c[nH]c2ccccc2c1=O.O=S(=O)(Cl)CCCl. The van der Waals surface area contributed by atoms with Crippen LogP contribution in [-0.2, 0) is 27.6 Å². The number of fused-ring (bicyclic) bond motifs is 3. The molecular weight excluding hydrogens is 1410 g/mol. The third-order valence-electron chi connectivity index (χ3n) is 13.9. The zero-order valence-corrected chi connectivity index (χ0v) is 54.4. The molecule has 9 aromatic rings. The van der Waals surface area contributed by atoms with Gasteiger partial charge >= 0.3 is 18.5 Å². The maximum Gasteiger partial charge on any atom is 0.416 e. The third kappa shape index (κ3) is 21.7. The van der Waals surface area contributed by atoms with Gasteiger partial charge in [0, 0.05) is 103 Å². The summed E-state index contributed by atoms with van der Waals surface area (Å²) in [6.45, 7) is 5.25. The first-order valence-corrected chi connectivity index (χ1v) is 34.8. The van der Waals surface area contributed by atoms with Crippen LogP contribution in [0.5, 0.6) is 0 Å². The predicted molar refractivity (Wildman–Crippen MR) is 365 cm³/mol. The van der Waals surface area contributed by atoms with Gasteiger partial charge in [0.1, 0.15) is 16.7 Å². The van der Waals surface area contributed by atoms with Crippen molar-refractivity contribution in [1.82, 2.24) is 19.9 Å². The number of rotatable bonds is 16. The number of nitrogens with two attached hydrogens (primary N) is 1. The van der Waals surface area contributed by atoms with E-state index in [-0.39, 0.29) is 79.0 Å². The summed E-state index contributed by atoms with van der Waals surface area (Å²) in [5.74, 6) is -2.81. The topological polar surface area (TPSA) is 354 Å². The molecular formula is C62H59Cl2F9N10O12S3. The first-order chi connectivity index (χ1) is 45.8. The lowest BCUT2D eigenvalue weighted by Crippen LogP contribution is -2.34. The first kappa shape index (κ1) is 76.3. The van der Waals surface area contributed by atoms with Crippen molar-refractivity contribution in [2.75, 3.05) is 68.1 Å². The van der Waals surface area contributed by atoms with Gasteiger partial charge < -0.3 is 41.5 Å². The van der Waals surface area contributed by atoms with E-state index in [1.165, 1.54) is 36.8 Å². The van der Waals surface area contributed by atoms with Crippen molar-refractivity contribution in [3.8, 4) is 0 Å². The molecule has 0 unspecified atom stereocenters. The van der Waals surface area contributed by atoms with Gasteiger partial charge in [-0.2, -0.15) is 39.5 Å². The van der Waals surface area contributed by atoms with Crippen molar-refractivity contribution in [3.63, 3.8) is 0 Å². The number of aromatic nitrogens is 3. The molecule has 1 fully saturated rings. The van der Waals surface area contributed by atoms with Gasteiger partial charge in [0.25, 0.3) is 17.7 Å². The van der Waals surface area contributed by atoms with E-state index in [1.54, 1.807) is 60.7 Å². The highest BCUT2D eigenvalue weighted by molar-refractivity contribution is 8.27. The standard InChI is InChI=1S/C24H27F3N4O4S.C19H16F3N3O4S.C17H12F3N3O2.C2H4Cl2O2S/c25-24(26,27)16-12-17(29-23(33)20-15-28-21-7-3-2-6-19(21)22(20)32)14-18(13-16)30-36(34,35)11-10-31-8-4-1-5-9-31;1-2-30(28,29)25-13-8-11(19(20,21)22)7-12(9-13)24-18(27)15-10-23-16-6-4-3-5-14(16)17(15)26;18-17(19,20)9-5-10(21)7-11(6-9)23-16(25)13-8-22-14-4-2-1-3-12(14)15(13)24;3-1-2-7(4,5)6/h2-3,6-7,12-15,30,34-35H,1,4-5,8-11H2,(H,28,32)(H,29,33);2-10,25,28-29H,1H2,(H,23,26)(H,24,27);1-8H,21H2,(H,22,24)(H,23,25);1-2H2. The number of hydrogen-bond donors (Lipinski definition) is 13. The average molecular weight is 1470 g/mol. The number of nitrogens with zero attached hydrogens (tertiary/aromatic N) is 1. The summed E-state index contributed by atoms with van der Waals surface area (Å²) < 4.78 is 183. The summed E-state index contributed by atoms with van der Waals surface area (Å²) in [4.78, 5) is 85.7. The maximum absolute atomic E-state index is 13.6. The number of alkyl halides is 10. The van der Waals surface area contributed by atoms with Crippen molar-refractivity contribution in [3.05, 3.63) is 222 Å². The number of halogens is 11. The number of carbonyl (C=O) groups excluding carboxylic acids is 3. The Morgan fingerprint density at radius 1 is 0.531 bits per heavy atom. The molecule has 3 aromatic heterocycles. The molecule has 6 aromatic carbocycles. The second kappa shape index (κ2) is 32.1. The normalized spacial score (nSPS) is 13.3. The largest absolute Gasteiger partial charge is 0.416 e. The van der Waals surface area contributed by atoms with Crippen molar-refractivity contribution in [2.45, 2.75) is 37.8 Å². The molecule has 0 radical (unpaired) electrons. The number of nitrogen functional groups attached to an aromatic ring is 1. The van der Waals surface area contributed by atoms with Crippen LogP contribution < -0.4 is 47.4 Å². The van der Waals surface area contributed by atoms with Crippen LogP contribution in [0, 0.1) is 0 Å². The van der Waals surface area contributed by atoms with Crippen LogP contribution >= 0.6 is 43.8 Å². The first-order valence-electron chi connectivity index (χ1n) is 28.4. The molecule has 36 heteroatoms. The number of aromatic amines is 3. The van der Waals surface area contributed by atoms with Gasteiger partial charge in [-0.05, 0) is 117 Å². The Balaban J connectivity index is 0.000000200. The number of anilines is 6. The molecule has 1 aliphatic rings. The van der Waals surface area contributed by atoms with E-state index in [0.717, 1.165) is 74.2 Å². The van der Waals surface area contributed by atoms with Crippen molar-refractivity contribution in [2.24, 2.45) is 0 Å². The summed E-state index contributed by atoms with van der Waals surface area (Å²) in [6.07, 6.45) is -7.39. The van der Waals surface area contributed by atoms with E-state index in [9.17, 15) is 94.9 Å². The monoisotopic (exact) mass is 1470 g/mol. The Bertz CT molecular complexity index is 4730. The van der Waals surface area contributed by atoms with Crippen LogP contribution in [0.3, 0.4) is 0 Å². The quantitative estimate of drug-likeness (QED) is 0.0185. The van der Waals surface area contributed by atoms with Crippen LogP contribution in [0.2, 0.25) is 0 Å². The number of piperidine rings is 1. The molecule has 4 heterocycles. The number of amides is 3. The summed E-state index contributed by atoms with van der Waals surface area (Å²) in [7, 11) is -5.65. The number of H-pyrrole nitrogens is 3. The summed E-state index contributed by atoms with van der Waals surface area (Å²) in [5.41, 5.74) is -0.0634.